The molecule has 0 aliphatic rings. The van der Waals surface area contributed by atoms with Crippen molar-refractivity contribution in [2.24, 2.45) is 0 Å². The molecule has 1 heterocycles. The molecule has 0 N–H and O–H groups in total. The number of halogens is 1. The van der Waals surface area contributed by atoms with Crippen LogP contribution in [0.2, 0.25) is 0 Å². The molecule has 5 heteroatoms. The highest BCUT2D eigenvalue weighted by Crippen LogP contribution is 2.24. The Kier molecular flexibility index (Phi) is 3.39. The number of benzene rings is 1. The summed E-state index contributed by atoms with van der Waals surface area (Å²) in [7, 11) is 0. The molecule has 0 unspecified atom stereocenters. The average molecular weight is 294 g/mol. The third kappa shape index (κ3) is 3.04. The molecule has 0 saturated heterocycles. The second-order valence-corrected chi connectivity index (χ2v) is 4.23. The van der Waals surface area contributed by atoms with Gasteiger partial charge in [0.2, 0.25) is 6.20 Å². The molecule has 0 aliphatic heterocycles. The van der Waals surface area contributed by atoms with Gasteiger partial charge in [0, 0.05) is 10.0 Å². The molecule has 2 rings (SSSR count). The summed E-state index contributed by atoms with van der Waals surface area (Å²) in [6, 6.07) is 11.1. The largest absolute Gasteiger partial charge is 0.457 e. The van der Waals surface area contributed by atoms with Crippen LogP contribution in [0.25, 0.3) is 17.4 Å². The minimum absolute atomic E-state index is 0.458. The Morgan fingerprint density at radius 1 is 1.18 bits per heavy atom. The van der Waals surface area contributed by atoms with E-state index in [0.717, 1.165) is 16.2 Å². The molecule has 0 spiro atoms. The van der Waals surface area contributed by atoms with Gasteiger partial charge in [0.1, 0.15) is 11.5 Å². The third-order valence-electron chi connectivity index (χ3n) is 2.12. The standard InChI is InChI=1S/C12H8BrNO3/c13-10-3-1-9(2-4-10)12-6-5-11(17-12)7-8-14(15)16/h1-8H. The quantitative estimate of drug-likeness (QED) is 0.636. The van der Waals surface area contributed by atoms with Crippen LogP contribution < -0.4 is 0 Å². The molecule has 0 atom stereocenters. The normalized spacial score (nSPS) is 10.9. The van der Waals surface area contributed by atoms with Crippen molar-refractivity contribution in [3.05, 3.63) is 62.9 Å². The minimum Gasteiger partial charge on any atom is -0.457 e. The molecule has 0 aliphatic carbocycles. The highest BCUT2D eigenvalue weighted by Gasteiger charge is 2.03. The van der Waals surface area contributed by atoms with E-state index >= 15 is 0 Å². The van der Waals surface area contributed by atoms with Crippen LogP contribution in [0.1, 0.15) is 5.76 Å². The van der Waals surface area contributed by atoms with E-state index in [1.165, 1.54) is 6.08 Å². The van der Waals surface area contributed by atoms with Crippen LogP contribution in [0.4, 0.5) is 0 Å². The number of hydrogen-bond donors (Lipinski definition) is 0. The van der Waals surface area contributed by atoms with Crippen molar-refractivity contribution in [2.45, 2.75) is 0 Å². The van der Waals surface area contributed by atoms with Gasteiger partial charge in [-0.15, -0.1) is 0 Å². The molecule has 0 saturated carbocycles. The van der Waals surface area contributed by atoms with Gasteiger partial charge in [-0.05, 0) is 24.3 Å². The molecule has 4 nitrogen and oxygen atoms in total. The van der Waals surface area contributed by atoms with Crippen LogP contribution in [0.5, 0.6) is 0 Å². The lowest BCUT2D eigenvalue weighted by atomic mass is 10.2. The SMILES string of the molecule is O=[N+]([O-])C=Cc1ccc(-c2ccc(Br)cc2)o1. The lowest BCUT2D eigenvalue weighted by Gasteiger charge is -1.96. The van der Waals surface area contributed by atoms with Crippen LogP contribution in [-0.4, -0.2) is 4.92 Å². The Morgan fingerprint density at radius 2 is 1.88 bits per heavy atom. The van der Waals surface area contributed by atoms with Gasteiger partial charge in [0.25, 0.3) is 0 Å². The predicted octanol–water partition coefficient (Wildman–Crippen LogP) is 3.96. The van der Waals surface area contributed by atoms with Crippen LogP contribution in [0.3, 0.4) is 0 Å². The summed E-state index contributed by atoms with van der Waals surface area (Å²) in [5.41, 5.74) is 0.925. The van der Waals surface area contributed by atoms with Crippen molar-refractivity contribution in [3.8, 4) is 11.3 Å². The van der Waals surface area contributed by atoms with E-state index in [1.54, 1.807) is 12.1 Å². The first kappa shape index (κ1) is 11.6. The predicted molar refractivity (Wildman–Crippen MR) is 67.9 cm³/mol. The van der Waals surface area contributed by atoms with E-state index in [2.05, 4.69) is 15.9 Å². The molecule has 0 radical (unpaired) electrons. The van der Waals surface area contributed by atoms with E-state index in [4.69, 9.17) is 4.42 Å². The van der Waals surface area contributed by atoms with Gasteiger partial charge in [0.05, 0.1) is 11.0 Å². The van der Waals surface area contributed by atoms with E-state index in [9.17, 15) is 10.1 Å². The maximum absolute atomic E-state index is 10.2. The Morgan fingerprint density at radius 3 is 2.53 bits per heavy atom. The van der Waals surface area contributed by atoms with Gasteiger partial charge in [-0.25, -0.2) is 0 Å². The Balaban J connectivity index is 2.23. The second kappa shape index (κ2) is 4.97. The zero-order valence-electron chi connectivity index (χ0n) is 8.67. The van der Waals surface area contributed by atoms with Crippen LogP contribution in [-0.2, 0) is 0 Å². The number of hydrogen-bond acceptors (Lipinski definition) is 3. The molecular formula is C12H8BrNO3. The van der Waals surface area contributed by atoms with Crippen molar-refractivity contribution >= 4 is 22.0 Å². The van der Waals surface area contributed by atoms with Gasteiger partial charge in [-0.1, -0.05) is 28.1 Å². The highest BCUT2D eigenvalue weighted by atomic mass is 79.9. The van der Waals surface area contributed by atoms with Crippen molar-refractivity contribution in [1.29, 1.82) is 0 Å². The van der Waals surface area contributed by atoms with E-state index in [-0.39, 0.29) is 0 Å². The highest BCUT2D eigenvalue weighted by molar-refractivity contribution is 9.10. The van der Waals surface area contributed by atoms with Gasteiger partial charge >= 0.3 is 0 Å². The molecule has 86 valence electrons. The second-order valence-electron chi connectivity index (χ2n) is 3.31. The first-order valence-electron chi connectivity index (χ1n) is 4.82. The number of nitrogens with zero attached hydrogens (tertiary/aromatic N) is 1. The molecule has 17 heavy (non-hydrogen) atoms. The molecule has 0 bridgehead atoms. The van der Waals surface area contributed by atoms with E-state index in [0.29, 0.717) is 11.5 Å². The summed E-state index contributed by atoms with van der Waals surface area (Å²) in [6.07, 6.45) is 2.17. The molecule has 0 fully saturated rings. The summed E-state index contributed by atoms with van der Waals surface area (Å²) in [5.74, 6) is 1.14. The van der Waals surface area contributed by atoms with Crippen molar-refractivity contribution in [2.75, 3.05) is 0 Å². The fourth-order valence-electron chi connectivity index (χ4n) is 1.35. The number of rotatable bonds is 3. The van der Waals surface area contributed by atoms with Crippen LogP contribution in [0, 0.1) is 10.1 Å². The van der Waals surface area contributed by atoms with Crippen LogP contribution >= 0.6 is 15.9 Å². The van der Waals surface area contributed by atoms with Crippen molar-refractivity contribution in [3.63, 3.8) is 0 Å². The number of furan rings is 1. The van der Waals surface area contributed by atoms with Gasteiger partial charge in [0.15, 0.2) is 0 Å². The summed E-state index contributed by atoms with van der Waals surface area (Å²) in [6.45, 7) is 0. The van der Waals surface area contributed by atoms with Gasteiger partial charge < -0.3 is 4.42 Å². The summed E-state index contributed by atoms with van der Waals surface area (Å²) < 4.78 is 6.44. The first-order chi connectivity index (χ1) is 8.15. The van der Waals surface area contributed by atoms with Gasteiger partial charge in [-0.2, -0.15) is 0 Å². The lowest BCUT2D eigenvalue weighted by molar-refractivity contribution is -0.401. The maximum atomic E-state index is 10.2. The summed E-state index contributed by atoms with van der Waals surface area (Å²) in [4.78, 5) is 9.63. The van der Waals surface area contributed by atoms with Crippen molar-refractivity contribution < 1.29 is 9.34 Å². The minimum atomic E-state index is -0.526. The van der Waals surface area contributed by atoms with E-state index in [1.807, 2.05) is 24.3 Å². The van der Waals surface area contributed by atoms with Crippen molar-refractivity contribution in [1.82, 2.24) is 0 Å². The Labute approximate surface area is 106 Å². The fraction of sp³-hybridized carbons (Fsp3) is 0. The summed E-state index contributed by atoms with van der Waals surface area (Å²) in [5, 5.41) is 10.2. The molecule has 1 aromatic carbocycles. The molecular weight excluding hydrogens is 286 g/mol. The molecule has 1 aromatic heterocycles. The topological polar surface area (TPSA) is 56.3 Å². The van der Waals surface area contributed by atoms with Crippen LogP contribution in [0.15, 0.2) is 51.5 Å². The Hall–Kier alpha value is -1.88. The average Bonchev–Trinajstić information content (AvgIpc) is 2.76. The summed E-state index contributed by atoms with van der Waals surface area (Å²) >= 11 is 3.35. The fourth-order valence-corrected chi connectivity index (χ4v) is 1.61. The number of nitro groups is 1. The molecule has 0 amide bonds. The monoisotopic (exact) mass is 293 g/mol. The third-order valence-corrected chi connectivity index (χ3v) is 2.64. The van der Waals surface area contributed by atoms with Gasteiger partial charge in [-0.3, -0.25) is 10.1 Å². The van der Waals surface area contributed by atoms with E-state index < -0.39 is 4.92 Å². The smallest absolute Gasteiger partial charge is 0.238 e. The zero-order chi connectivity index (χ0) is 12.3. The maximum Gasteiger partial charge on any atom is 0.238 e. The molecule has 2 aromatic rings. The Bertz CT molecular complexity index is 557. The zero-order valence-corrected chi connectivity index (χ0v) is 10.3. The first-order valence-corrected chi connectivity index (χ1v) is 5.62. The lowest BCUT2D eigenvalue weighted by Crippen LogP contribution is -1.80.